The van der Waals surface area contributed by atoms with E-state index in [9.17, 15) is 0 Å². The van der Waals surface area contributed by atoms with E-state index < -0.39 is 0 Å². The SMILES string of the molecule is COc1ccc(Cl)cc1OC(C)C. The first-order chi connectivity index (χ1) is 6.13. The molecular weight excluding hydrogens is 188 g/mol. The third-order valence-electron chi connectivity index (χ3n) is 1.49. The number of hydrogen-bond acceptors (Lipinski definition) is 2. The Morgan fingerprint density at radius 3 is 2.46 bits per heavy atom. The van der Waals surface area contributed by atoms with E-state index in [4.69, 9.17) is 21.1 Å². The van der Waals surface area contributed by atoms with Gasteiger partial charge in [-0.25, -0.2) is 0 Å². The minimum Gasteiger partial charge on any atom is -0.493 e. The van der Waals surface area contributed by atoms with Gasteiger partial charge in [-0.15, -0.1) is 0 Å². The lowest BCUT2D eigenvalue weighted by Crippen LogP contribution is -2.06. The predicted octanol–water partition coefficient (Wildman–Crippen LogP) is 3.14. The molecule has 0 aliphatic heterocycles. The Kier molecular flexibility index (Phi) is 3.43. The summed E-state index contributed by atoms with van der Waals surface area (Å²) in [4.78, 5) is 0. The second kappa shape index (κ2) is 4.38. The first kappa shape index (κ1) is 10.2. The molecule has 0 aliphatic carbocycles. The molecule has 0 radical (unpaired) electrons. The Balaban J connectivity index is 2.94. The molecule has 0 heterocycles. The Morgan fingerprint density at radius 1 is 1.23 bits per heavy atom. The molecule has 0 bridgehead atoms. The first-order valence-corrected chi connectivity index (χ1v) is 4.51. The standard InChI is InChI=1S/C10H13ClO2/c1-7(2)13-10-6-8(11)4-5-9(10)12-3/h4-7H,1-3H3. The van der Waals surface area contributed by atoms with Gasteiger partial charge in [0.15, 0.2) is 11.5 Å². The van der Waals surface area contributed by atoms with Gasteiger partial charge in [-0.1, -0.05) is 11.6 Å². The van der Waals surface area contributed by atoms with Gasteiger partial charge in [-0.3, -0.25) is 0 Å². The molecule has 2 nitrogen and oxygen atoms in total. The maximum Gasteiger partial charge on any atom is 0.163 e. The number of rotatable bonds is 3. The number of ether oxygens (including phenoxy) is 2. The second-order valence-electron chi connectivity index (χ2n) is 2.96. The van der Waals surface area contributed by atoms with E-state index in [0.717, 1.165) is 0 Å². The molecule has 0 N–H and O–H groups in total. The highest BCUT2D eigenvalue weighted by Crippen LogP contribution is 2.30. The summed E-state index contributed by atoms with van der Waals surface area (Å²) in [6.45, 7) is 3.92. The van der Waals surface area contributed by atoms with Crippen LogP contribution in [-0.4, -0.2) is 13.2 Å². The van der Waals surface area contributed by atoms with Crippen molar-refractivity contribution in [2.75, 3.05) is 7.11 Å². The predicted molar refractivity (Wildman–Crippen MR) is 53.8 cm³/mol. The van der Waals surface area contributed by atoms with E-state index >= 15 is 0 Å². The quantitative estimate of drug-likeness (QED) is 0.747. The summed E-state index contributed by atoms with van der Waals surface area (Å²) in [6, 6.07) is 5.31. The molecule has 0 amide bonds. The van der Waals surface area contributed by atoms with E-state index in [1.165, 1.54) is 0 Å². The van der Waals surface area contributed by atoms with Crippen LogP contribution in [0.3, 0.4) is 0 Å². The molecule has 0 saturated carbocycles. The van der Waals surface area contributed by atoms with Gasteiger partial charge in [0.25, 0.3) is 0 Å². The molecule has 0 unspecified atom stereocenters. The van der Waals surface area contributed by atoms with Crippen molar-refractivity contribution in [3.63, 3.8) is 0 Å². The molecule has 0 aliphatic rings. The van der Waals surface area contributed by atoms with Crippen LogP contribution in [-0.2, 0) is 0 Å². The fraction of sp³-hybridized carbons (Fsp3) is 0.400. The molecule has 72 valence electrons. The van der Waals surface area contributed by atoms with Gasteiger partial charge in [0, 0.05) is 11.1 Å². The molecular formula is C10H13ClO2. The van der Waals surface area contributed by atoms with Crippen molar-refractivity contribution in [3.8, 4) is 11.5 Å². The van der Waals surface area contributed by atoms with Gasteiger partial charge < -0.3 is 9.47 Å². The molecule has 1 aromatic rings. The molecule has 3 heteroatoms. The van der Waals surface area contributed by atoms with Crippen molar-refractivity contribution >= 4 is 11.6 Å². The van der Waals surface area contributed by atoms with Crippen LogP contribution in [0, 0.1) is 0 Å². The fourth-order valence-electron chi connectivity index (χ4n) is 0.997. The molecule has 0 atom stereocenters. The van der Waals surface area contributed by atoms with Gasteiger partial charge in [-0.2, -0.15) is 0 Å². The van der Waals surface area contributed by atoms with Crippen LogP contribution in [0.15, 0.2) is 18.2 Å². The summed E-state index contributed by atoms with van der Waals surface area (Å²) in [7, 11) is 1.61. The van der Waals surface area contributed by atoms with Gasteiger partial charge in [0.2, 0.25) is 0 Å². The number of methoxy groups -OCH3 is 1. The van der Waals surface area contributed by atoms with Crippen molar-refractivity contribution in [1.82, 2.24) is 0 Å². The average Bonchev–Trinajstić information content (AvgIpc) is 2.03. The van der Waals surface area contributed by atoms with Gasteiger partial charge in [-0.05, 0) is 26.0 Å². The van der Waals surface area contributed by atoms with E-state index in [0.29, 0.717) is 16.5 Å². The van der Waals surface area contributed by atoms with Gasteiger partial charge in [0.05, 0.1) is 13.2 Å². The van der Waals surface area contributed by atoms with E-state index in [1.807, 2.05) is 13.8 Å². The van der Waals surface area contributed by atoms with Gasteiger partial charge >= 0.3 is 0 Å². The Hall–Kier alpha value is -0.890. The van der Waals surface area contributed by atoms with Crippen LogP contribution < -0.4 is 9.47 Å². The summed E-state index contributed by atoms with van der Waals surface area (Å²) >= 11 is 5.82. The summed E-state index contributed by atoms with van der Waals surface area (Å²) in [5, 5.41) is 0.649. The third-order valence-corrected chi connectivity index (χ3v) is 1.72. The molecule has 0 fully saturated rings. The molecule has 1 rings (SSSR count). The Bertz CT molecular complexity index is 284. The lowest BCUT2D eigenvalue weighted by atomic mass is 10.3. The van der Waals surface area contributed by atoms with Crippen molar-refractivity contribution < 1.29 is 9.47 Å². The van der Waals surface area contributed by atoms with Crippen LogP contribution in [0.4, 0.5) is 0 Å². The lowest BCUT2D eigenvalue weighted by molar-refractivity contribution is 0.230. The lowest BCUT2D eigenvalue weighted by Gasteiger charge is -2.13. The zero-order valence-corrected chi connectivity index (χ0v) is 8.76. The molecule has 1 aromatic carbocycles. The molecule has 0 spiro atoms. The molecule has 13 heavy (non-hydrogen) atoms. The van der Waals surface area contributed by atoms with E-state index in [2.05, 4.69) is 0 Å². The normalized spacial score (nSPS) is 10.2. The van der Waals surface area contributed by atoms with Crippen molar-refractivity contribution in [2.24, 2.45) is 0 Å². The molecule has 0 saturated heterocycles. The maximum atomic E-state index is 5.82. The van der Waals surface area contributed by atoms with Crippen molar-refractivity contribution in [1.29, 1.82) is 0 Å². The largest absolute Gasteiger partial charge is 0.493 e. The van der Waals surface area contributed by atoms with E-state index in [1.54, 1.807) is 25.3 Å². The van der Waals surface area contributed by atoms with Crippen LogP contribution in [0.5, 0.6) is 11.5 Å². The first-order valence-electron chi connectivity index (χ1n) is 4.13. The number of hydrogen-bond donors (Lipinski definition) is 0. The minimum absolute atomic E-state index is 0.118. The average molecular weight is 201 g/mol. The van der Waals surface area contributed by atoms with Crippen LogP contribution >= 0.6 is 11.6 Å². The minimum atomic E-state index is 0.118. The third kappa shape index (κ3) is 2.81. The highest BCUT2D eigenvalue weighted by atomic mass is 35.5. The zero-order valence-electron chi connectivity index (χ0n) is 8.00. The summed E-state index contributed by atoms with van der Waals surface area (Å²) in [5.41, 5.74) is 0. The highest BCUT2D eigenvalue weighted by Gasteiger charge is 2.06. The van der Waals surface area contributed by atoms with Crippen LogP contribution in [0.2, 0.25) is 5.02 Å². The zero-order chi connectivity index (χ0) is 9.84. The number of halogens is 1. The van der Waals surface area contributed by atoms with Crippen LogP contribution in [0.1, 0.15) is 13.8 Å². The second-order valence-corrected chi connectivity index (χ2v) is 3.40. The Labute approximate surface area is 83.4 Å². The highest BCUT2D eigenvalue weighted by molar-refractivity contribution is 6.30. The smallest absolute Gasteiger partial charge is 0.163 e. The van der Waals surface area contributed by atoms with E-state index in [-0.39, 0.29) is 6.10 Å². The maximum absolute atomic E-state index is 5.82. The Morgan fingerprint density at radius 2 is 1.92 bits per heavy atom. The summed E-state index contributed by atoms with van der Waals surface area (Å²) in [5.74, 6) is 1.39. The van der Waals surface area contributed by atoms with Crippen LogP contribution in [0.25, 0.3) is 0 Å². The fourth-order valence-corrected chi connectivity index (χ4v) is 1.16. The summed E-state index contributed by atoms with van der Waals surface area (Å²) in [6.07, 6.45) is 0.118. The monoisotopic (exact) mass is 200 g/mol. The topological polar surface area (TPSA) is 18.5 Å². The van der Waals surface area contributed by atoms with Gasteiger partial charge in [0.1, 0.15) is 0 Å². The van der Waals surface area contributed by atoms with Crippen molar-refractivity contribution in [2.45, 2.75) is 20.0 Å². The molecule has 0 aromatic heterocycles. The van der Waals surface area contributed by atoms with Crippen molar-refractivity contribution in [3.05, 3.63) is 23.2 Å². The number of benzene rings is 1. The summed E-state index contributed by atoms with van der Waals surface area (Å²) < 4.78 is 10.6.